The van der Waals surface area contributed by atoms with Crippen molar-refractivity contribution in [2.24, 2.45) is 5.41 Å². The molecule has 0 spiro atoms. The van der Waals surface area contributed by atoms with Crippen LogP contribution in [-0.2, 0) is 14.3 Å². The fourth-order valence-corrected chi connectivity index (χ4v) is 5.63. The highest BCUT2D eigenvalue weighted by Gasteiger charge is 2.52. The van der Waals surface area contributed by atoms with Crippen LogP contribution in [0.15, 0.2) is 24.3 Å². The molecule has 2 unspecified atom stereocenters. The van der Waals surface area contributed by atoms with Gasteiger partial charge in [-0.2, -0.15) is 5.26 Å². The van der Waals surface area contributed by atoms with E-state index in [2.05, 4.69) is 10.6 Å². The highest BCUT2D eigenvalue weighted by molar-refractivity contribution is 5.96. The number of likely N-dealkylation sites (tertiary alicyclic amines) is 1. The Morgan fingerprint density at radius 3 is 2.28 bits per heavy atom. The Balaban J connectivity index is 1.30. The van der Waals surface area contributed by atoms with Gasteiger partial charge in [0, 0.05) is 23.1 Å². The summed E-state index contributed by atoms with van der Waals surface area (Å²) in [6.45, 7) is 5.50. The number of fused-ring (bicyclic) bond motifs is 3. The molecule has 1 aromatic carbocycles. The summed E-state index contributed by atoms with van der Waals surface area (Å²) in [4.78, 5) is 39.4. The van der Waals surface area contributed by atoms with Crippen molar-refractivity contribution in [2.75, 3.05) is 18.4 Å². The molecule has 1 aromatic rings. The molecule has 2 N–H and O–H groups in total. The molecule has 1 aliphatic heterocycles. The van der Waals surface area contributed by atoms with Crippen LogP contribution in [-0.4, -0.2) is 59.1 Å². The summed E-state index contributed by atoms with van der Waals surface area (Å²) < 4.78 is 19.1. The lowest BCUT2D eigenvalue weighted by atomic mass is 9.57. The van der Waals surface area contributed by atoms with Crippen molar-refractivity contribution in [1.82, 2.24) is 10.2 Å². The second-order valence-electron chi connectivity index (χ2n) is 11.5. The second kappa shape index (κ2) is 9.81. The minimum atomic E-state index is -1.14. The van der Waals surface area contributed by atoms with E-state index in [1.807, 2.05) is 26.8 Å². The Morgan fingerprint density at radius 2 is 1.72 bits per heavy atom. The van der Waals surface area contributed by atoms with Crippen molar-refractivity contribution >= 4 is 23.5 Å². The van der Waals surface area contributed by atoms with Gasteiger partial charge in [-0.25, -0.2) is 9.18 Å². The predicted molar refractivity (Wildman–Crippen MR) is 132 cm³/mol. The van der Waals surface area contributed by atoms with Gasteiger partial charge in [-0.1, -0.05) is 0 Å². The van der Waals surface area contributed by atoms with E-state index in [-0.39, 0.29) is 36.9 Å². The number of nitrogens with one attached hydrogen (secondary N) is 2. The van der Waals surface area contributed by atoms with Crippen molar-refractivity contribution in [3.8, 4) is 6.07 Å². The number of carbonyl (C=O) groups excluding carboxylic acids is 3. The van der Waals surface area contributed by atoms with E-state index in [1.165, 1.54) is 4.90 Å². The number of hydrogen-bond acceptors (Lipinski definition) is 6. The molecule has 8 nitrogen and oxygen atoms in total. The van der Waals surface area contributed by atoms with Gasteiger partial charge in [0.1, 0.15) is 17.8 Å². The maximum Gasteiger partial charge on any atom is 0.338 e. The number of halogens is 1. The molecule has 194 valence electrons. The molecule has 3 saturated carbocycles. The van der Waals surface area contributed by atoms with Gasteiger partial charge in [0.2, 0.25) is 11.8 Å². The van der Waals surface area contributed by atoms with Gasteiger partial charge in [-0.3, -0.25) is 9.59 Å². The first-order chi connectivity index (χ1) is 16.9. The lowest BCUT2D eigenvalue weighted by Gasteiger charge is -2.52. The molecule has 2 amide bonds. The third-order valence-corrected chi connectivity index (χ3v) is 7.84. The Hall–Kier alpha value is -2.99. The molecule has 0 aromatic heterocycles. The van der Waals surface area contributed by atoms with Gasteiger partial charge in [-0.15, -0.1) is 0 Å². The fourth-order valence-electron chi connectivity index (χ4n) is 5.63. The summed E-state index contributed by atoms with van der Waals surface area (Å²) in [5.74, 6) is -0.663. The number of esters is 1. The molecule has 2 atom stereocenters. The molecule has 2 bridgehead atoms. The van der Waals surface area contributed by atoms with Gasteiger partial charge in [0.05, 0.1) is 24.7 Å². The van der Waals surface area contributed by atoms with Crippen LogP contribution in [0.1, 0.15) is 76.1 Å². The summed E-state index contributed by atoms with van der Waals surface area (Å²) in [5.41, 5.74) is -0.160. The number of rotatable bonds is 6. The number of amides is 2. The largest absolute Gasteiger partial charge is 0.456 e. The average Bonchev–Trinajstić information content (AvgIpc) is 3.24. The molecule has 4 fully saturated rings. The summed E-state index contributed by atoms with van der Waals surface area (Å²) in [6.07, 6.45) is 3.41. The van der Waals surface area contributed by atoms with E-state index in [0.717, 1.165) is 19.3 Å². The van der Waals surface area contributed by atoms with E-state index in [9.17, 15) is 24.0 Å². The number of nitrogens with zero attached hydrogens (tertiary/aromatic N) is 2. The van der Waals surface area contributed by atoms with Gasteiger partial charge in [0.15, 0.2) is 0 Å². The zero-order valence-corrected chi connectivity index (χ0v) is 21.2. The molecular formula is C27H35FN4O4. The van der Waals surface area contributed by atoms with E-state index in [4.69, 9.17) is 4.74 Å². The number of anilines is 1. The van der Waals surface area contributed by atoms with Crippen LogP contribution in [0.5, 0.6) is 0 Å². The van der Waals surface area contributed by atoms with Crippen molar-refractivity contribution in [3.05, 3.63) is 29.8 Å². The zero-order valence-electron chi connectivity index (χ0n) is 21.2. The van der Waals surface area contributed by atoms with Crippen LogP contribution in [0.25, 0.3) is 0 Å². The molecule has 9 heteroatoms. The average molecular weight is 499 g/mol. The molecule has 5 rings (SSSR count). The Bertz CT molecular complexity index is 1030. The first-order valence-electron chi connectivity index (χ1n) is 12.7. The Kier molecular flexibility index (Phi) is 7.11. The molecular weight excluding hydrogens is 463 g/mol. The summed E-state index contributed by atoms with van der Waals surface area (Å²) in [7, 11) is 0. The molecule has 1 saturated heterocycles. The Morgan fingerprint density at radius 1 is 1.11 bits per heavy atom. The highest BCUT2D eigenvalue weighted by atomic mass is 19.1. The van der Waals surface area contributed by atoms with Gasteiger partial charge >= 0.3 is 5.97 Å². The minimum Gasteiger partial charge on any atom is -0.456 e. The van der Waals surface area contributed by atoms with Crippen LogP contribution in [0.3, 0.4) is 0 Å². The quantitative estimate of drug-likeness (QED) is 0.578. The van der Waals surface area contributed by atoms with Crippen molar-refractivity contribution < 1.29 is 23.5 Å². The predicted octanol–water partition coefficient (Wildman–Crippen LogP) is 3.73. The summed E-state index contributed by atoms with van der Waals surface area (Å²) >= 11 is 0. The molecule has 36 heavy (non-hydrogen) atoms. The maximum absolute atomic E-state index is 13.7. The number of carbonyl (C=O) groups is 3. The maximum atomic E-state index is 13.7. The van der Waals surface area contributed by atoms with Crippen molar-refractivity contribution in [3.63, 3.8) is 0 Å². The molecule has 3 aliphatic carbocycles. The minimum absolute atomic E-state index is 0.0141. The summed E-state index contributed by atoms with van der Waals surface area (Å²) in [6, 6.07) is 8.05. The zero-order chi connectivity index (χ0) is 26.1. The van der Waals surface area contributed by atoms with E-state index < -0.39 is 29.2 Å². The standard InChI is InChI=1S/C27H35FN4O4/c1-25(2,3)36-23(34)18-4-6-20(7-5-18)31-24(35)26-8-11-27(12-9-26,13-10-26)30-16-22(33)32-17-19(28)14-21(32)15-29/h4-7,19,21,30H,8-14,16-17H2,1-3H3,(H,31,35). The van der Waals surface area contributed by atoms with E-state index >= 15 is 0 Å². The molecule has 1 heterocycles. The van der Waals surface area contributed by atoms with Crippen molar-refractivity contribution in [1.29, 1.82) is 5.26 Å². The second-order valence-corrected chi connectivity index (χ2v) is 11.5. The van der Waals surface area contributed by atoms with Crippen LogP contribution >= 0.6 is 0 Å². The number of nitriles is 1. The Labute approximate surface area is 211 Å². The molecule has 4 aliphatic rings. The number of alkyl halides is 1. The smallest absolute Gasteiger partial charge is 0.338 e. The first kappa shape index (κ1) is 26.1. The lowest BCUT2D eigenvalue weighted by molar-refractivity contribution is -0.135. The SMILES string of the molecule is CC(C)(C)OC(=O)c1ccc(NC(=O)C23CCC(NCC(=O)N4CC(F)CC4C#N)(CC2)CC3)cc1. The van der Waals surface area contributed by atoms with Gasteiger partial charge in [-0.05, 0) is 83.6 Å². The first-order valence-corrected chi connectivity index (χ1v) is 12.7. The van der Waals surface area contributed by atoms with Crippen LogP contribution in [0.4, 0.5) is 10.1 Å². The van der Waals surface area contributed by atoms with Crippen molar-refractivity contribution in [2.45, 2.75) is 89.1 Å². The van der Waals surface area contributed by atoms with Crippen LogP contribution < -0.4 is 10.6 Å². The van der Waals surface area contributed by atoms with E-state index in [1.54, 1.807) is 24.3 Å². The third-order valence-electron chi connectivity index (χ3n) is 7.84. The topological polar surface area (TPSA) is 112 Å². The fraction of sp³-hybridized carbons (Fsp3) is 0.630. The number of ether oxygens (including phenoxy) is 1. The normalized spacial score (nSPS) is 29.5. The number of benzene rings is 1. The summed E-state index contributed by atoms with van der Waals surface area (Å²) in [5, 5.41) is 15.6. The third kappa shape index (κ3) is 5.54. The lowest BCUT2D eigenvalue weighted by Crippen LogP contribution is -2.59. The van der Waals surface area contributed by atoms with E-state index in [0.29, 0.717) is 30.5 Å². The van der Waals surface area contributed by atoms with Gasteiger partial charge in [0.25, 0.3) is 0 Å². The number of hydrogen-bond donors (Lipinski definition) is 2. The molecule has 0 radical (unpaired) electrons. The van der Waals surface area contributed by atoms with Crippen LogP contribution in [0, 0.1) is 16.7 Å². The van der Waals surface area contributed by atoms with Crippen LogP contribution in [0.2, 0.25) is 0 Å². The monoisotopic (exact) mass is 498 g/mol. The highest BCUT2D eigenvalue weighted by Crippen LogP contribution is 2.52. The van der Waals surface area contributed by atoms with Gasteiger partial charge < -0.3 is 20.3 Å².